The maximum absolute atomic E-state index is 11.1. The van der Waals surface area contributed by atoms with Crippen LogP contribution in [0.5, 0.6) is 23.0 Å². The zero-order valence-corrected chi connectivity index (χ0v) is 18.0. The monoisotopic (exact) mass is 466 g/mol. The van der Waals surface area contributed by atoms with E-state index in [9.17, 15) is 10.4 Å². The van der Waals surface area contributed by atoms with Gasteiger partial charge in [0.2, 0.25) is 0 Å². The molecule has 2 N–H and O–H groups in total. The Morgan fingerprint density at radius 2 is 0.906 bits per heavy atom. The number of benzene rings is 4. The van der Waals surface area contributed by atoms with E-state index in [1.165, 1.54) is 0 Å². The molecule has 0 heterocycles. The predicted octanol–water partition coefficient (Wildman–Crippen LogP) is 8.06. The molecule has 32 heavy (non-hydrogen) atoms. The fraction of sp³-hybridized carbons (Fsp3) is 0. The summed E-state index contributed by atoms with van der Waals surface area (Å²) in [4.78, 5) is 0. The van der Waals surface area contributed by atoms with E-state index < -0.39 is 0 Å². The van der Waals surface area contributed by atoms with Gasteiger partial charge in [-0.25, -0.2) is 0 Å². The van der Waals surface area contributed by atoms with Crippen molar-refractivity contribution >= 4 is 34.6 Å². The summed E-state index contributed by atoms with van der Waals surface area (Å²) in [5.41, 5.74) is 6.06. The lowest BCUT2D eigenvalue weighted by molar-refractivity contribution is 0.484. The molecule has 0 unspecified atom stereocenters. The molecule has 4 rings (SSSR count). The number of nitrogens with one attached hydrogen (secondary N) is 2. The van der Waals surface area contributed by atoms with Crippen LogP contribution in [-0.4, -0.2) is 0 Å². The van der Waals surface area contributed by atoms with Crippen LogP contribution in [0.4, 0.5) is 11.4 Å². The van der Waals surface area contributed by atoms with Gasteiger partial charge in [-0.1, -0.05) is 59.6 Å². The Balaban J connectivity index is 1.50. The van der Waals surface area contributed by atoms with Gasteiger partial charge in [-0.05, 0) is 59.7 Å². The van der Waals surface area contributed by atoms with Crippen LogP contribution in [0.2, 0.25) is 10.0 Å². The topological polar surface area (TPSA) is 88.6 Å². The minimum absolute atomic E-state index is 0.256. The second-order valence-electron chi connectivity index (χ2n) is 6.69. The van der Waals surface area contributed by atoms with Gasteiger partial charge in [-0.2, -0.15) is 0 Å². The Morgan fingerprint density at radius 3 is 1.25 bits per heavy atom. The molecular formula is C24H16Cl2N2O4-2. The molecule has 0 saturated carbocycles. The van der Waals surface area contributed by atoms with Crippen molar-refractivity contribution in [3.8, 4) is 34.1 Å². The summed E-state index contributed by atoms with van der Waals surface area (Å²) >= 11 is 12.3. The van der Waals surface area contributed by atoms with E-state index in [1.54, 1.807) is 60.7 Å². The van der Waals surface area contributed by atoms with Crippen molar-refractivity contribution < 1.29 is 9.47 Å². The fourth-order valence-corrected chi connectivity index (χ4v) is 3.48. The minimum atomic E-state index is 0.256. The highest BCUT2D eigenvalue weighted by molar-refractivity contribution is 6.33. The number of halogens is 2. The average molecular weight is 467 g/mol. The molecule has 4 aromatic rings. The normalized spacial score (nSPS) is 10.5. The summed E-state index contributed by atoms with van der Waals surface area (Å²) in [6, 6.07) is 24.5. The highest BCUT2D eigenvalue weighted by Gasteiger charge is 2.10. The van der Waals surface area contributed by atoms with Crippen molar-refractivity contribution in [1.29, 1.82) is 0 Å². The van der Waals surface area contributed by atoms with E-state index >= 15 is 0 Å². The Hall–Kier alpha value is -3.42. The molecule has 0 bridgehead atoms. The zero-order chi connectivity index (χ0) is 22.5. The molecular weight excluding hydrogens is 451 g/mol. The van der Waals surface area contributed by atoms with Crippen LogP contribution < -0.4 is 20.4 Å². The van der Waals surface area contributed by atoms with Gasteiger partial charge in [0.25, 0.3) is 0 Å². The van der Waals surface area contributed by atoms with Crippen molar-refractivity contribution in [3.05, 3.63) is 105 Å². The molecule has 0 amide bonds. The van der Waals surface area contributed by atoms with Gasteiger partial charge < -0.3 is 30.8 Å². The van der Waals surface area contributed by atoms with E-state index in [-0.39, 0.29) is 22.9 Å². The Morgan fingerprint density at radius 1 is 0.531 bits per heavy atom. The maximum atomic E-state index is 11.1. The standard InChI is InChI=1S/C24H16Cl2N2O4/c25-19-3-1-5-21(27-29)23(19)31-17-11-7-15(8-12-17)16-9-13-18(14-10-16)32-24-20(26)4-2-6-22(24)28-30/h1-14,27-28H/q-2. The summed E-state index contributed by atoms with van der Waals surface area (Å²) < 4.78 is 11.6. The minimum Gasteiger partial charge on any atom is -0.761 e. The second kappa shape index (κ2) is 9.80. The van der Waals surface area contributed by atoms with Crippen molar-refractivity contribution in [2.45, 2.75) is 0 Å². The molecule has 0 fully saturated rings. The summed E-state index contributed by atoms with van der Waals surface area (Å²) in [6.45, 7) is 0. The summed E-state index contributed by atoms with van der Waals surface area (Å²) in [5, 5.41) is 22.9. The first-order valence-electron chi connectivity index (χ1n) is 9.48. The molecule has 0 atom stereocenters. The van der Waals surface area contributed by atoms with Crippen LogP contribution in [0.15, 0.2) is 84.9 Å². The van der Waals surface area contributed by atoms with Crippen LogP contribution >= 0.6 is 23.2 Å². The third-order valence-corrected chi connectivity index (χ3v) is 5.23. The summed E-state index contributed by atoms with van der Waals surface area (Å²) in [7, 11) is 0. The molecule has 162 valence electrons. The van der Waals surface area contributed by atoms with E-state index in [0.29, 0.717) is 21.5 Å². The van der Waals surface area contributed by atoms with Gasteiger partial charge in [0.15, 0.2) is 11.5 Å². The quantitative estimate of drug-likeness (QED) is 0.267. The third kappa shape index (κ3) is 4.74. The van der Waals surface area contributed by atoms with Gasteiger partial charge in [0, 0.05) is 0 Å². The van der Waals surface area contributed by atoms with Gasteiger partial charge in [0.1, 0.15) is 11.5 Å². The number of ether oxygens (including phenoxy) is 2. The maximum Gasteiger partial charge on any atom is 0.168 e. The van der Waals surface area contributed by atoms with Gasteiger partial charge in [0.05, 0.1) is 21.4 Å². The first-order chi connectivity index (χ1) is 15.6. The largest absolute Gasteiger partial charge is 0.761 e. The number of anilines is 2. The fourth-order valence-electron chi connectivity index (χ4n) is 3.05. The molecule has 0 aliphatic rings. The van der Waals surface area contributed by atoms with Crippen molar-refractivity contribution in [2.24, 2.45) is 0 Å². The molecule has 0 aromatic heterocycles. The first-order valence-corrected chi connectivity index (χ1v) is 10.2. The Kier molecular flexibility index (Phi) is 6.68. The number of rotatable bonds is 7. The predicted molar refractivity (Wildman–Crippen MR) is 129 cm³/mol. The second-order valence-corrected chi connectivity index (χ2v) is 7.50. The highest BCUT2D eigenvalue weighted by Crippen LogP contribution is 2.38. The van der Waals surface area contributed by atoms with E-state index in [4.69, 9.17) is 32.7 Å². The van der Waals surface area contributed by atoms with E-state index in [2.05, 4.69) is 0 Å². The average Bonchev–Trinajstić information content (AvgIpc) is 2.82. The summed E-state index contributed by atoms with van der Waals surface area (Å²) in [6.07, 6.45) is 0. The SMILES string of the molecule is [O-]Nc1cccc(Cl)c1Oc1ccc(-c2ccc(Oc3c(Cl)cccc3N[O-])cc2)cc1. The number of para-hydroxylation sites is 2. The molecule has 6 nitrogen and oxygen atoms in total. The smallest absolute Gasteiger partial charge is 0.168 e. The van der Waals surface area contributed by atoms with E-state index in [0.717, 1.165) is 11.1 Å². The Bertz CT molecular complexity index is 1120. The van der Waals surface area contributed by atoms with Gasteiger partial charge in [-0.15, -0.1) is 0 Å². The molecule has 0 aliphatic heterocycles. The molecule has 0 radical (unpaired) electrons. The lowest BCUT2D eigenvalue weighted by atomic mass is 10.1. The number of hydrogen-bond acceptors (Lipinski definition) is 6. The van der Waals surface area contributed by atoms with E-state index in [1.807, 2.05) is 35.2 Å². The zero-order valence-electron chi connectivity index (χ0n) is 16.5. The van der Waals surface area contributed by atoms with Crippen LogP contribution in [0.25, 0.3) is 11.1 Å². The van der Waals surface area contributed by atoms with Crippen molar-refractivity contribution in [2.75, 3.05) is 11.0 Å². The highest BCUT2D eigenvalue weighted by atomic mass is 35.5. The molecule has 8 heteroatoms. The van der Waals surface area contributed by atoms with Crippen LogP contribution in [-0.2, 0) is 0 Å². The van der Waals surface area contributed by atoms with Crippen LogP contribution in [0.1, 0.15) is 0 Å². The van der Waals surface area contributed by atoms with Crippen LogP contribution in [0, 0.1) is 10.4 Å². The van der Waals surface area contributed by atoms with Crippen LogP contribution in [0.3, 0.4) is 0 Å². The molecule has 4 aromatic carbocycles. The molecule has 0 spiro atoms. The summed E-state index contributed by atoms with van der Waals surface area (Å²) in [5.74, 6) is 1.61. The van der Waals surface area contributed by atoms with Crippen molar-refractivity contribution in [3.63, 3.8) is 0 Å². The van der Waals surface area contributed by atoms with Gasteiger partial charge in [-0.3, -0.25) is 0 Å². The van der Waals surface area contributed by atoms with Gasteiger partial charge >= 0.3 is 0 Å². The first kappa shape index (κ1) is 21.8. The molecule has 0 aliphatic carbocycles. The molecule has 0 saturated heterocycles. The third-order valence-electron chi connectivity index (χ3n) is 4.64. The lowest BCUT2D eigenvalue weighted by Crippen LogP contribution is -1.93. The Labute approximate surface area is 194 Å². The number of hydrogen-bond donors (Lipinski definition) is 2. The lowest BCUT2D eigenvalue weighted by Gasteiger charge is -2.17. The van der Waals surface area contributed by atoms with Crippen molar-refractivity contribution in [1.82, 2.24) is 0 Å².